The lowest BCUT2D eigenvalue weighted by Crippen LogP contribution is -2.31. The zero-order valence-corrected chi connectivity index (χ0v) is 27.1. The molecule has 1 heterocycles. The van der Waals surface area contributed by atoms with Gasteiger partial charge in [0.2, 0.25) is 0 Å². The Labute approximate surface area is 270 Å². The monoisotopic (exact) mass is 641 g/mol. The van der Waals surface area contributed by atoms with Crippen LogP contribution in [-0.2, 0) is 14.8 Å². The molecule has 1 aliphatic carbocycles. The normalized spacial score (nSPS) is 13.9. The Morgan fingerprint density at radius 3 is 2.59 bits per heavy atom. The van der Waals surface area contributed by atoms with Gasteiger partial charge in [-0.25, -0.2) is 17.9 Å². The van der Waals surface area contributed by atoms with Crippen LogP contribution in [0.5, 0.6) is 5.75 Å². The summed E-state index contributed by atoms with van der Waals surface area (Å²) in [6.07, 6.45) is 7.93. The van der Waals surface area contributed by atoms with Gasteiger partial charge in [-0.1, -0.05) is 50.3 Å². The van der Waals surface area contributed by atoms with Crippen LogP contribution >= 0.6 is 0 Å². The van der Waals surface area contributed by atoms with Crippen molar-refractivity contribution in [2.75, 3.05) is 12.4 Å². The minimum atomic E-state index is -4.19. The quantitative estimate of drug-likeness (QED) is 0.122. The fraction of sp³-hybridized carbons (Fsp3) is 0.333. The van der Waals surface area contributed by atoms with Crippen molar-refractivity contribution in [3.8, 4) is 17.6 Å². The largest absolute Gasteiger partial charge is 0.496 e. The Balaban J connectivity index is 1.34. The van der Waals surface area contributed by atoms with Crippen molar-refractivity contribution < 1.29 is 27.5 Å². The molecule has 3 aromatic carbocycles. The van der Waals surface area contributed by atoms with Crippen LogP contribution in [0.25, 0.3) is 10.9 Å². The van der Waals surface area contributed by atoms with Crippen LogP contribution in [-0.4, -0.2) is 38.6 Å². The molecule has 1 aromatic heterocycles. The van der Waals surface area contributed by atoms with Crippen LogP contribution in [0.15, 0.2) is 71.8 Å². The van der Waals surface area contributed by atoms with Crippen LogP contribution in [0.1, 0.15) is 91.8 Å². The number of anilines is 1. The molecule has 0 bridgehead atoms. The van der Waals surface area contributed by atoms with E-state index in [1.54, 1.807) is 30.3 Å². The lowest BCUT2D eigenvalue weighted by Gasteiger charge is -2.17. The number of rotatable bonds is 10. The summed E-state index contributed by atoms with van der Waals surface area (Å²) in [5, 5.41) is 3.76. The summed E-state index contributed by atoms with van der Waals surface area (Å²) in [6.45, 7) is 4.07. The summed E-state index contributed by atoms with van der Waals surface area (Å²) in [7, 11) is -2.69. The smallest absolute Gasteiger partial charge is 0.411 e. The molecule has 0 aliphatic heterocycles. The number of unbranched alkanes of at least 4 members (excludes halogenated alkanes) is 2. The standard InChI is InChI=1S/C36H39N3O6S/c1-4-5-6-7-12-25-13-8-11-16-34(25)46(42,43)39-35(40)26-17-19-29(33(21-26)44-3)24(2)31-23-37-32-20-18-27(22-30(31)32)38-36(41)45-28-14-9-10-15-28/h8,11,13,16-24,28,37H,4-6,9-10,14-15H2,1-3H3,(H,38,41)(H,39,40). The summed E-state index contributed by atoms with van der Waals surface area (Å²) in [5.74, 6) is 5.41. The lowest BCUT2D eigenvalue weighted by atomic mass is 9.91. The van der Waals surface area contributed by atoms with E-state index in [9.17, 15) is 18.0 Å². The van der Waals surface area contributed by atoms with Gasteiger partial charge in [-0.3, -0.25) is 10.1 Å². The van der Waals surface area contributed by atoms with Crippen molar-refractivity contribution in [3.63, 3.8) is 0 Å². The number of aromatic amines is 1. The maximum Gasteiger partial charge on any atom is 0.411 e. The Morgan fingerprint density at radius 2 is 1.83 bits per heavy atom. The van der Waals surface area contributed by atoms with Crippen molar-refractivity contribution in [3.05, 3.63) is 89.1 Å². The average molecular weight is 642 g/mol. The van der Waals surface area contributed by atoms with E-state index in [0.717, 1.165) is 60.6 Å². The van der Waals surface area contributed by atoms with Gasteiger partial charge < -0.3 is 14.5 Å². The molecule has 1 fully saturated rings. The molecule has 5 rings (SSSR count). The number of methoxy groups -OCH3 is 1. The van der Waals surface area contributed by atoms with E-state index < -0.39 is 22.0 Å². The number of hydrogen-bond donors (Lipinski definition) is 3. The minimum Gasteiger partial charge on any atom is -0.496 e. The van der Waals surface area contributed by atoms with Crippen LogP contribution in [0.3, 0.4) is 0 Å². The highest BCUT2D eigenvalue weighted by molar-refractivity contribution is 7.90. The van der Waals surface area contributed by atoms with Crippen molar-refractivity contribution >= 4 is 38.6 Å². The molecular formula is C36H39N3O6S. The Kier molecular flexibility index (Phi) is 10.3. The van der Waals surface area contributed by atoms with Gasteiger partial charge in [-0.2, -0.15) is 0 Å². The van der Waals surface area contributed by atoms with Gasteiger partial charge >= 0.3 is 6.09 Å². The third kappa shape index (κ3) is 7.54. The van der Waals surface area contributed by atoms with Crippen molar-refractivity contribution in [2.24, 2.45) is 0 Å². The van der Waals surface area contributed by atoms with Gasteiger partial charge in [0.1, 0.15) is 16.7 Å². The number of fused-ring (bicyclic) bond motifs is 1. The van der Waals surface area contributed by atoms with Gasteiger partial charge in [0.15, 0.2) is 0 Å². The molecular weight excluding hydrogens is 602 g/mol. The molecule has 1 saturated carbocycles. The van der Waals surface area contributed by atoms with E-state index in [2.05, 4.69) is 33.8 Å². The number of carbonyl (C=O) groups is 2. The molecule has 1 unspecified atom stereocenters. The summed E-state index contributed by atoms with van der Waals surface area (Å²) in [5.41, 5.74) is 3.74. The molecule has 10 heteroatoms. The summed E-state index contributed by atoms with van der Waals surface area (Å²) >= 11 is 0. The summed E-state index contributed by atoms with van der Waals surface area (Å²) in [6, 6.07) is 16.9. The predicted octanol–water partition coefficient (Wildman–Crippen LogP) is 7.48. The second-order valence-electron chi connectivity index (χ2n) is 11.5. The number of ether oxygens (including phenoxy) is 2. The third-order valence-corrected chi connectivity index (χ3v) is 9.64. The molecule has 0 saturated heterocycles. The number of benzene rings is 3. The Bertz CT molecular complexity index is 1900. The van der Waals surface area contributed by atoms with E-state index in [1.807, 2.05) is 31.3 Å². The van der Waals surface area contributed by atoms with Crippen molar-refractivity contribution in [2.45, 2.75) is 75.7 Å². The van der Waals surface area contributed by atoms with E-state index in [-0.39, 0.29) is 22.5 Å². The number of aromatic nitrogens is 1. The van der Waals surface area contributed by atoms with Crippen molar-refractivity contribution in [1.82, 2.24) is 9.71 Å². The molecule has 0 radical (unpaired) electrons. The minimum absolute atomic E-state index is 0.0327. The molecule has 1 atom stereocenters. The number of sulfonamides is 1. The molecule has 46 heavy (non-hydrogen) atoms. The third-order valence-electron chi connectivity index (χ3n) is 8.25. The number of carbonyl (C=O) groups excluding carboxylic acids is 2. The van der Waals surface area contributed by atoms with Crippen LogP contribution < -0.4 is 14.8 Å². The molecule has 0 spiro atoms. The zero-order valence-electron chi connectivity index (χ0n) is 26.3. The number of nitrogens with one attached hydrogen (secondary N) is 3. The summed E-state index contributed by atoms with van der Waals surface area (Å²) in [4.78, 5) is 28.9. The first kappa shape index (κ1) is 32.6. The second kappa shape index (κ2) is 14.6. The Morgan fingerprint density at radius 1 is 1.04 bits per heavy atom. The second-order valence-corrected chi connectivity index (χ2v) is 13.1. The molecule has 1 aliphatic rings. The van der Waals surface area contributed by atoms with Crippen LogP contribution in [0, 0.1) is 11.8 Å². The zero-order chi connectivity index (χ0) is 32.7. The highest BCUT2D eigenvalue weighted by atomic mass is 32.2. The van der Waals surface area contributed by atoms with Gasteiger partial charge in [0.25, 0.3) is 15.9 Å². The topological polar surface area (TPSA) is 127 Å². The molecule has 3 N–H and O–H groups in total. The maximum atomic E-state index is 13.2. The fourth-order valence-corrected chi connectivity index (χ4v) is 6.86. The lowest BCUT2D eigenvalue weighted by molar-refractivity contribution is 0.0980. The SMILES string of the molecule is CCCCC#Cc1ccccc1S(=O)(=O)NC(=O)c1ccc(C(C)c2c[nH]c3ccc(NC(=O)OC4CCCC4)cc23)c(OC)c1. The first-order valence-electron chi connectivity index (χ1n) is 15.6. The highest BCUT2D eigenvalue weighted by Crippen LogP contribution is 2.37. The Hall–Kier alpha value is -4.75. The van der Waals surface area contributed by atoms with E-state index in [0.29, 0.717) is 23.4 Å². The molecule has 240 valence electrons. The van der Waals surface area contributed by atoms with Gasteiger partial charge in [-0.15, -0.1) is 0 Å². The predicted molar refractivity (Wildman–Crippen MR) is 179 cm³/mol. The number of hydrogen-bond acceptors (Lipinski definition) is 6. The van der Waals surface area contributed by atoms with Crippen molar-refractivity contribution in [1.29, 1.82) is 0 Å². The highest BCUT2D eigenvalue weighted by Gasteiger charge is 2.24. The maximum absolute atomic E-state index is 13.2. The number of H-pyrrole nitrogens is 1. The first-order chi connectivity index (χ1) is 22.2. The van der Waals surface area contributed by atoms with E-state index in [4.69, 9.17) is 9.47 Å². The number of amides is 2. The fourth-order valence-electron chi connectivity index (χ4n) is 5.72. The molecule has 4 aromatic rings. The average Bonchev–Trinajstić information content (AvgIpc) is 3.72. The van der Waals surface area contributed by atoms with Gasteiger partial charge in [0, 0.05) is 51.8 Å². The van der Waals surface area contributed by atoms with Crippen LogP contribution in [0.4, 0.5) is 10.5 Å². The van der Waals surface area contributed by atoms with Gasteiger partial charge in [-0.05, 0) is 80.1 Å². The van der Waals surface area contributed by atoms with E-state index >= 15 is 0 Å². The van der Waals surface area contributed by atoms with Gasteiger partial charge in [0.05, 0.1) is 7.11 Å². The summed E-state index contributed by atoms with van der Waals surface area (Å²) < 4.78 is 39.9. The molecule has 9 nitrogen and oxygen atoms in total. The molecule has 2 amide bonds. The first-order valence-corrected chi connectivity index (χ1v) is 17.1. The van der Waals surface area contributed by atoms with Crippen LogP contribution in [0.2, 0.25) is 0 Å². The van der Waals surface area contributed by atoms with E-state index in [1.165, 1.54) is 19.2 Å².